The highest BCUT2D eigenvalue weighted by Crippen LogP contribution is 2.39. The van der Waals surface area contributed by atoms with Crippen molar-refractivity contribution in [2.24, 2.45) is 0 Å². The first-order chi connectivity index (χ1) is 23.2. The molecule has 2 aromatic heterocycles. The van der Waals surface area contributed by atoms with Crippen LogP contribution < -0.4 is 28.7 Å². The van der Waals surface area contributed by atoms with Crippen LogP contribution in [0.4, 0.5) is 11.6 Å². The maximum absolute atomic E-state index is 9.19. The maximum Gasteiger partial charge on any atom is 0.261 e. The molecule has 3 heterocycles. The second-order valence-corrected chi connectivity index (χ2v) is 13.6. The number of hydrogen-bond donors (Lipinski definition) is 2. The molecule has 49 heavy (non-hydrogen) atoms. The SMILES string of the molecule is COc1cccc(-c2ccc(N3CCCN(c4ccc(-c5cccc(OC)c5OC)cn4)CC3)nc2)c1OC.CS(=O)(=O)O.CS(=O)(=O)O. The van der Waals surface area contributed by atoms with E-state index in [1.54, 1.807) is 28.4 Å². The lowest BCUT2D eigenvalue weighted by molar-refractivity contribution is 0.356. The molecule has 1 aliphatic heterocycles. The number of benzene rings is 2. The highest BCUT2D eigenvalue weighted by atomic mass is 32.2. The highest BCUT2D eigenvalue weighted by molar-refractivity contribution is 7.85. The third kappa shape index (κ3) is 12.1. The van der Waals surface area contributed by atoms with Gasteiger partial charge in [0.05, 0.1) is 41.0 Å². The van der Waals surface area contributed by atoms with Crippen molar-refractivity contribution in [2.75, 3.05) is 76.9 Å². The zero-order chi connectivity index (χ0) is 36.2. The molecule has 0 bridgehead atoms. The van der Waals surface area contributed by atoms with E-state index in [4.69, 9.17) is 38.0 Å². The predicted octanol–water partition coefficient (Wildman–Crippen LogP) is 4.57. The summed E-state index contributed by atoms with van der Waals surface area (Å²) in [5.74, 6) is 4.77. The van der Waals surface area contributed by atoms with E-state index < -0.39 is 20.2 Å². The Balaban J connectivity index is 0.000000571. The number of rotatable bonds is 8. The van der Waals surface area contributed by atoms with Crippen LogP contribution in [-0.4, -0.2) is 103 Å². The minimum absolute atomic E-state index is 0.705. The Morgan fingerprint density at radius 3 is 1.22 bits per heavy atom. The second kappa shape index (κ2) is 17.7. The van der Waals surface area contributed by atoms with Gasteiger partial charge >= 0.3 is 0 Å². The quantitative estimate of drug-likeness (QED) is 0.242. The Hall–Kier alpha value is -4.64. The maximum atomic E-state index is 9.19. The van der Waals surface area contributed by atoms with E-state index in [0.29, 0.717) is 35.5 Å². The van der Waals surface area contributed by atoms with E-state index in [1.807, 2.05) is 48.8 Å². The van der Waals surface area contributed by atoms with Gasteiger partial charge in [0.1, 0.15) is 11.6 Å². The van der Waals surface area contributed by atoms with Crippen molar-refractivity contribution in [3.63, 3.8) is 0 Å². The van der Waals surface area contributed by atoms with Gasteiger partial charge in [-0.3, -0.25) is 9.11 Å². The zero-order valence-electron chi connectivity index (χ0n) is 28.2. The van der Waals surface area contributed by atoms with Gasteiger partial charge in [0.15, 0.2) is 23.0 Å². The fraction of sp³-hybridized carbons (Fsp3) is 0.333. The number of para-hydroxylation sites is 2. The highest BCUT2D eigenvalue weighted by Gasteiger charge is 2.19. The molecule has 266 valence electrons. The van der Waals surface area contributed by atoms with Gasteiger partial charge in [0.2, 0.25) is 0 Å². The summed E-state index contributed by atoms with van der Waals surface area (Å²) < 4.78 is 73.9. The summed E-state index contributed by atoms with van der Waals surface area (Å²) in [5.41, 5.74) is 3.89. The summed E-state index contributed by atoms with van der Waals surface area (Å²) in [6.07, 6.45) is 6.26. The van der Waals surface area contributed by atoms with E-state index in [1.165, 1.54) is 0 Å². The van der Waals surface area contributed by atoms with E-state index in [9.17, 15) is 16.8 Å². The Bertz CT molecular complexity index is 1720. The summed E-state index contributed by atoms with van der Waals surface area (Å²) in [4.78, 5) is 14.3. The molecule has 1 aliphatic rings. The first kappa shape index (κ1) is 38.8. The first-order valence-corrected chi connectivity index (χ1v) is 18.6. The molecule has 0 unspecified atom stereocenters. The van der Waals surface area contributed by atoms with E-state index in [0.717, 1.165) is 66.5 Å². The molecule has 4 aromatic rings. The number of nitrogens with zero attached hydrogens (tertiary/aromatic N) is 4. The van der Waals surface area contributed by atoms with Crippen LogP contribution in [-0.2, 0) is 20.2 Å². The van der Waals surface area contributed by atoms with Crippen LogP contribution in [0.15, 0.2) is 73.1 Å². The lowest BCUT2D eigenvalue weighted by atomic mass is 10.1. The topological polar surface area (TPSA) is 178 Å². The van der Waals surface area contributed by atoms with Crippen molar-refractivity contribution in [3.8, 4) is 45.3 Å². The monoisotopic (exact) mass is 718 g/mol. The van der Waals surface area contributed by atoms with Crippen LogP contribution >= 0.6 is 0 Å². The molecule has 0 aliphatic carbocycles. The average Bonchev–Trinajstić information content (AvgIpc) is 3.32. The molecule has 1 saturated heterocycles. The molecule has 0 spiro atoms. The predicted molar refractivity (Wildman–Crippen MR) is 190 cm³/mol. The minimum atomic E-state index is -3.67. The Morgan fingerprint density at radius 1 is 0.571 bits per heavy atom. The smallest absolute Gasteiger partial charge is 0.261 e. The van der Waals surface area contributed by atoms with Crippen LogP contribution in [0.3, 0.4) is 0 Å². The molecule has 0 amide bonds. The van der Waals surface area contributed by atoms with Gasteiger partial charge in [-0.05, 0) is 42.8 Å². The summed E-state index contributed by atoms with van der Waals surface area (Å²) >= 11 is 0. The molecule has 2 N–H and O–H groups in total. The molecular formula is C33H42N4O10S2. The molecule has 16 heteroatoms. The molecule has 2 aromatic carbocycles. The zero-order valence-corrected chi connectivity index (χ0v) is 29.9. The third-order valence-electron chi connectivity index (χ3n) is 7.07. The van der Waals surface area contributed by atoms with Crippen molar-refractivity contribution < 1.29 is 44.9 Å². The van der Waals surface area contributed by atoms with Crippen molar-refractivity contribution in [1.29, 1.82) is 0 Å². The fourth-order valence-corrected chi connectivity index (χ4v) is 5.07. The Morgan fingerprint density at radius 2 is 0.939 bits per heavy atom. The summed E-state index contributed by atoms with van der Waals surface area (Å²) in [7, 11) is -0.727. The van der Waals surface area contributed by atoms with Gasteiger partial charge in [-0.1, -0.05) is 24.3 Å². The van der Waals surface area contributed by atoms with E-state index in [2.05, 4.69) is 34.1 Å². The van der Waals surface area contributed by atoms with Crippen molar-refractivity contribution >= 4 is 31.9 Å². The van der Waals surface area contributed by atoms with Crippen LogP contribution in [0.5, 0.6) is 23.0 Å². The van der Waals surface area contributed by atoms with Crippen LogP contribution in [0.1, 0.15) is 6.42 Å². The molecule has 14 nitrogen and oxygen atoms in total. The van der Waals surface area contributed by atoms with Crippen molar-refractivity contribution in [3.05, 3.63) is 73.1 Å². The normalized spacial score (nSPS) is 13.1. The van der Waals surface area contributed by atoms with Crippen LogP contribution in [0, 0.1) is 0 Å². The molecule has 0 radical (unpaired) electrons. The number of anilines is 2. The molecule has 5 rings (SSSR count). The molecular weight excluding hydrogens is 677 g/mol. The fourth-order valence-electron chi connectivity index (χ4n) is 5.07. The largest absolute Gasteiger partial charge is 0.493 e. The standard InChI is InChI=1S/C31H34N4O4.2CH4O3S/c1-36-26-10-5-8-24(30(26)38-3)22-12-14-28(32-20-22)34-16-7-17-35(19-18-34)29-15-13-23(21-33-29)25-9-6-11-27(37-2)31(25)39-4;2*1-5(2,3)4/h5-6,8-15,20-21H,7,16-19H2,1-4H3;2*1H3,(H,2,3,4). The number of aromatic nitrogens is 2. The van der Waals surface area contributed by atoms with Gasteiger partial charge in [-0.15, -0.1) is 0 Å². The Labute approximate surface area is 287 Å². The molecule has 1 fully saturated rings. The summed E-state index contributed by atoms with van der Waals surface area (Å²) in [6.45, 7) is 3.60. The molecule has 0 saturated carbocycles. The van der Waals surface area contributed by atoms with E-state index in [-0.39, 0.29) is 0 Å². The van der Waals surface area contributed by atoms with Gasteiger partial charge in [-0.25, -0.2) is 9.97 Å². The minimum Gasteiger partial charge on any atom is -0.493 e. The van der Waals surface area contributed by atoms with Crippen LogP contribution in [0.25, 0.3) is 22.3 Å². The summed E-state index contributed by atoms with van der Waals surface area (Å²) in [6, 6.07) is 20.1. The number of pyridine rings is 2. The van der Waals surface area contributed by atoms with Gasteiger partial charge in [0, 0.05) is 60.8 Å². The Kier molecular flexibility index (Phi) is 14.0. The average molecular weight is 719 g/mol. The van der Waals surface area contributed by atoms with Gasteiger partial charge in [0.25, 0.3) is 20.2 Å². The third-order valence-corrected chi connectivity index (χ3v) is 7.07. The lowest BCUT2D eigenvalue weighted by Crippen LogP contribution is -2.31. The lowest BCUT2D eigenvalue weighted by Gasteiger charge is -2.24. The van der Waals surface area contributed by atoms with E-state index >= 15 is 0 Å². The number of hydrogen-bond acceptors (Lipinski definition) is 12. The van der Waals surface area contributed by atoms with Crippen LogP contribution in [0.2, 0.25) is 0 Å². The first-order valence-electron chi connectivity index (χ1n) is 14.9. The molecule has 0 atom stereocenters. The van der Waals surface area contributed by atoms with Crippen molar-refractivity contribution in [2.45, 2.75) is 6.42 Å². The second-order valence-electron chi connectivity index (χ2n) is 10.7. The van der Waals surface area contributed by atoms with Gasteiger partial charge in [-0.2, -0.15) is 16.8 Å². The number of methoxy groups -OCH3 is 4. The van der Waals surface area contributed by atoms with Crippen molar-refractivity contribution in [1.82, 2.24) is 9.97 Å². The van der Waals surface area contributed by atoms with Gasteiger partial charge < -0.3 is 28.7 Å². The number of ether oxygens (including phenoxy) is 4. The summed E-state index contributed by atoms with van der Waals surface area (Å²) in [5, 5.41) is 0.